The number of carboxylic acid groups (broad SMARTS) is 1. The number of aromatic nitrogens is 1. The van der Waals surface area contributed by atoms with Gasteiger partial charge in [0, 0.05) is 10.7 Å². The smallest absolute Gasteiger partial charge is 0.413 e. The first kappa shape index (κ1) is 11.5. The summed E-state index contributed by atoms with van der Waals surface area (Å²) in [6.07, 6.45) is 5.52. The third-order valence-electron chi connectivity index (χ3n) is 1.75. The van der Waals surface area contributed by atoms with Crippen molar-refractivity contribution in [2.24, 2.45) is 0 Å². The summed E-state index contributed by atoms with van der Waals surface area (Å²) in [5.74, 6) is 2.65. The summed E-state index contributed by atoms with van der Waals surface area (Å²) >= 11 is 3.25. The quantitative estimate of drug-likeness (QED) is 0.838. The Labute approximate surface area is 96.1 Å². The van der Waals surface area contributed by atoms with Crippen molar-refractivity contribution in [2.75, 3.05) is 11.4 Å². The molecule has 78 valence electrons. The minimum Gasteiger partial charge on any atom is -0.465 e. The molecule has 0 aliphatic carbocycles. The molecule has 0 unspecified atom stereocenters. The molecule has 0 aromatic carbocycles. The molecule has 1 amide bonds. The molecule has 1 rings (SSSR count). The third-order valence-corrected chi connectivity index (χ3v) is 2.19. The van der Waals surface area contributed by atoms with Crippen LogP contribution >= 0.6 is 15.9 Å². The van der Waals surface area contributed by atoms with Gasteiger partial charge in [0.2, 0.25) is 0 Å². The molecule has 0 atom stereocenters. The number of carbonyl (C=O) groups is 1. The van der Waals surface area contributed by atoms with E-state index in [1.807, 2.05) is 0 Å². The van der Waals surface area contributed by atoms with Gasteiger partial charge in [-0.05, 0) is 34.5 Å². The summed E-state index contributed by atoms with van der Waals surface area (Å²) < 4.78 is 0.801. The largest absolute Gasteiger partial charge is 0.465 e. The van der Waals surface area contributed by atoms with E-state index in [0.717, 1.165) is 14.9 Å². The number of aryl methyl sites for hydroxylation is 1. The Morgan fingerprint density at radius 1 is 1.80 bits per heavy atom. The van der Waals surface area contributed by atoms with Crippen LogP contribution < -0.4 is 4.90 Å². The van der Waals surface area contributed by atoms with Crippen molar-refractivity contribution in [3.63, 3.8) is 0 Å². The second kappa shape index (κ2) is 4.80. The minimum atomic E-state index is -1.11. The van der Waals surface area contributed by atoms with E-state index in [1.54, 1.807) is 13.0 Å². The number of halogens is 1. The van der Waals surface area contributed by atoms with Crippen molar-refractivity contribution in [1.29, 1.82) is 0 Å². The number of amides is 1. The first-order valence-electron chi connectivity index (χ1n) is 4.12. The summed E-state index contributed by atoms with van der Waals surface area (Å²) in [4.78, 5) is 16.0. The van der Waals surface area contributed by atoms with Gasteiger partial charge in [-0.1, -0.05) is 5.92 Å². The number of pyridine rings is 1. The van der Waals surface area contributed by atoms with Crippen LogP contribution in [0.4, 0.5) is 10.6 Å². The maximum atomic E-state index is 10.9. The monoisotopic (exact) mass is 268 g/mol. The molecular formula is C10H9BrN2O2. The lowest BCUT2D eigenvalue weighted by molar-refractivity contribution is 0.202. The van der Waals surface area contributed by atoms with E-state index in [0.29, 0.717) is 5.82 Å². The van der Waals surface area contributed by atoms with Crippen molar-refractivity contribution < 1.29 is 9.90 Å². The molecule has 0 fully saturated rings. The van der Waals surface area contributed by atoms with E-state index in [4.69, 9.17) is 11.5 Å². The molecule has 1 aromatic rings. The molecule has 1 aromatic heterocycles. The fourth-order valence-corrected chi connectivity index (χ4v) is 1.59. The molecule has 0 bridgehead atoms. The van der Waals surface area contributed by atoms with Crippen LogP contribution in [0.15, 0.2) is 16.7 Å². The molecular weight excluding hydrogens is 260 g/mol. The maximum Gasteiger partial charge on any atom is 0.413 e. The van der Waals surface area contributed by atoms with Crippen molar-refractivity contribution in [1.82, 2.24) is 4.98 Å². The van der Waals surface area contributed by atoms with Crippen LogP contribution in [-0.2, 0) is 0 Å². The molecule has 4 nitrogen and oxygen atoms in total. The average Bonchev–Trinajstić information content (AvgIpc) is 2.15. The van der Waals surface area contributed by atoms with Crippen molar-refractivity contribution in [3.8, 4) is 12.3 Å². The highest BCUT2D eigenvalue weighted by Gasteiger charge is 2.16. The van der Waals surface area contributed by atoms with Gasteiger partial charge >= 0.3 is 6.09 Å². The maximum absolute atomic E-state index is 10.9. The first-order valence-corrected chi connectivity index (χ1v) is 4.91. The average molecular weight is 269 g/mol. The highest BCUT2D eigenvalue weighted by molar-refractivity contribution is 9.10. The van der Waals surface area contributed by atoms with Gasteiger partial charge in [0.15, 0.2) is 0 Å². The summed E-state index contributed by atoms with van der Waals surface area (Å²) in [7, 11) is 0. The lowest BCUT2D eigenvalue weighted by Crippen LogP contribution is -2.30. The van der Waals surface area contributed by atoms with Crippen LogP contribution in [0.2, 0.25) is 0 Å². The van der Waals surface area contributed by atoms with E-state index in [1.165, 1.54) is 6.20 Å². The predicted octanol–water partition coefficient (Wildman–Crippen LogP) is 2.27. The molecule has 1 N–H and O–H groups in total. The van der Waals surface area contributed by atoms with Crippen molar-refractivity contribution in [2.45, 2.75) is 6.92 Å². The molecule has 15 heavy (non-hydrogen) atoms. The molecule has 0 aliphatic heterocycles. The Morgan fingerprint density at radius 2 is 2.47 bits per heavy atom. The second-order valence-corrected chi connectivity index (χ2v) is 3.78. The van der Waals surface area contributed by atoms with Gasteiger partial charge in [-0.3, -0.25) is 0 Å². The zero-order valence-electron chi connectivity index (χ0n) is 8.07. The Morgan fingerprint density at radius 3 is 2.93 bits per heavy atom. The van der Waals surface area contributed by atoms with Gasteiger partial charge < -0.3 is 5.11 Å². The molecule has 0 aliphatic rings. The van der Waals surface area contributed by atoms with E-state index >= 15 is 0 Å². The van der Waals surface area contributed by atoms with Crippen LogP contribution in [0, 0.1) is 19.3 Å². The van der Waals surface area contributed by atoms with Gasteiger partial charge in [0.1, 0.15) is 5.82 Å². The number of anilines is 1. The Balaban J connectivity index is 3.12. The number of rotatable bonds is 2. The lowest BCUT2D eigenvalue weighted by Gasteiger charge is -2.17. The van der Waals surface area contributed by atoms with Gasteiger partial charge in [-0.25, -0.2) is 14.7 Å². The SMILES string of the molecule is C#CCN(C(=O)O)c1ncc(Br)cc1C. The first-order chi connectivity index (χ1) is 7.06. The zero-order chi connectivity index (χ0) is 11.4. The molecule has 0 saturated heterocycles. The standard InChI is InChI=1S/C10H9BrN2O2/c1-3-4-13(10(14)15)9-7(2)5-8(11)6-12-9/h1,5-6H,4H2,2H3,(H,14,15). The summed E-state index contributed by atoms with van der Waals surface area (Å²) in [5.41, 5.74) is 0.752. The van der Waals surface area contributed by atoms with E-state index < -0.39 is 6.09 Å². The number of hydrogen-bond donors (Lipinski definition) is 1. The third kappa shape index (κ3) is 2.70. The Bertz CT molecular complexity index is 426. The second-order valence-electron chi connectivity index (χ2n) is 2.87. The van der Waals surface area contributed by atoms with Gasteiger partial charge in [-0.15, -0.1) is 6.42 Å². The molecule has 0 spiro atoms. The molecule has 5 heteroatoms. The van der Waals surface area contributed by atoms with Crippen LogP contribution in [0.25, 0.3) is 0 Å². The van der Waals surface area contributed by atoms with Gasteiger partial charge in [-0.2, -0.15) is 0 Å². The lowest BCUT2D eigenvalue weighted by atomic mass is 10.3. The Kier molecular flexibility index (Phi) is 3.69. The number of hydrogen-bond acceptors (Lipinski definition) is 2. The van der Waals surface area contributed by atoms with Crippen molar-refractivity contribution >= 4 is 27.8 Å². The Hall–Kier alpha value is -1.54. The predicted molar refractivity (Wildman–Crippen MR) is 60.9 cm³/mol. The number of terminal acetylenes is 1. The van der Waals surface area contributed by atoms with Crippen LogP contribution in [-0.4, -0.2) is 22.7 Å². The normalized spacial score (nSPS) is 9.40. The summed E-state index contributed by atoms with van der Waals surface area (Å²) in [6.45, 7) is 1.77. The summed E-state index contributed by atoms with van der Waals surface area (Å²) in [5, 5.41) is 8.93. The minimum absolute atomic E-state index is 0.00912. The number of nitrogens with zero attached hydrogens (tertiary/aromatic N) is 2. The van der Waals surface area contributed by atoms with Gasteiger partial charge in [0.25, 0.3) is 0 Å². The van der Waals surface area contributed by atoms with E-state index in [9.17, 15) is 4.79 Å². The topological polar surface area (TPSA) is 53.4 Å². The van der Waals surface area contributed by atoms with E-state index in [-0.39, 0.29) is 6.54 Å². The van der Waals surface area contributed by atoms with Crippen LogP contribution in [0.3, 0.4) is 0 Å². The highest BCUT2D eigenvalue weighted by atomic mass is 79.9. The van der Waals surface area contributed by atoms with Crippen molar-refractivity contribution in [3.05, 3.63) is 22.3 Å². The fraction of sp³-hybridized carbons (Fsp3) is 0.200. The van der Waals surface area contributed by atoms with Crippen LogP contribution in [0.5, 0.6) is 0 Å². The highest BCUT2D eigenvalue weighted by Crippen LogP contribution is 2.20. The zero-order valence-corrected chi connectivity index (χ0v) is 9.65. The fourth-order valence-electron chi connectivity index (χ4n) is 1.14. The molecule has 1 heterocycles. The van der Waals surface area contributed by atoms with Gasteiger partial charge in [0.05, 0.1) is 6.54 Å². The summed E-state index contributed by atoms with van der Waals surface area (Å²) in [6, 6.07) is 1.79. The van der Waals surface area contributed by atoms with Crippen LogP contribution in [0.1, 0.15) is 5.56 Å². The van der Waals surface area contributed by atoms with E-state index in [2.05, 4.69) is 26.8 Å². The molecule has 0 radical (unpaired) electrons. The molecule has 0 saturated carbocycles.